The minimum atomic E-state index is -0.750. The van der Waals surface area contributed by atoms with Crippen LogP contribution in [0.25, 0.3) is 0 Å². The maximum atomic E-state index is 12.3. The van der Waals surface area contributed by atoms with E-state index in [9.17, 15) is 14.9 Å². The highest BCUT2D eigenvalue weighted by Crippen LogP contribution is 2.26. The highest BCUT2D eigenvalue weighted by Gasteiger charge is 2.22. The van der Waals surface area contributed by atoms with Crippen molar-refractivity contribution in [2.45, 2.75) is 13.2 Å². The van der Waals surface area contributed by atoms with E-state index in [1.54, 1.807) is 0 Å². The lowest BCUT2D eigenvalue weighted by Crippen LogP contribution is -2.08. The Bertz CT molecular complexity index is 926. The smallest absolute Gasteiger partial charge is 0.345 e. The van der Waals surface area contributed by atoms with Gasteiger partial charge in [0.25, 0.3) is 5.69 Å². The number of carbonyl (C=O) groups is 1. The Kier molecular flexibility index (Phi) is 5.79. The fourth-order valence-corrected chi connectivity index (χ4v) is 2.47. The number of esters is 1. The zero-order chi connectivity index (χ0) is 19.1. The average Bonchev–Trinajstić information content (AvgIpc) is 2.72. The van der Waals surface area contributed by atoms with Crippen molar-refractivity contribution in [2.75, 3.05) is 0 Å². The summed E-state index contributed by atoms with van der Waals surface area (Å²) in [5.41, 5.74) is 1.28. The summed E-state index contributed by atoms with van der Waals surface area (Å²) in [6.07, 6.45) is 0. The molecule has 3 aromatic carbocycles. The molecule has 6 heteroatoms. The van der Waals surface area contributed by atoms with Crippen LogP contribution >= 0.6 is 0 Å². The highest BCUT2D eigenvalue weighted by molar-refractivity contribution is 5.94. The SMILES string of the molecule is O=C(OCc1ccccc1)c1ccc(OCc2ccccc2)cc1[N+](=O)[O-]. The molecule has 3 rings (SSSR count). The van der Waals surface area contributed by atoms with Gasteiger partial charge in [-0.25, -0.2) is 4.79 Å². The third kappa shape index (κ3) is 4.92. The number of carbonyl (C=O) groups excluding carboxylic acids is 1. The maximum Gasteiger partial charge on any atom is 0.345 e. The number of ether oxygens (including phenoxy) is 2. The van der Waals surface area contributed by atoms with Crippen molar-refractivity contribution in [1.82, 2.24) is 0 Å². The van der Waals surface area contributed by atoms with E-state index >= 15 is 0 Å². The fraction of sp³-hybridized carbons (Fsp3) is 0.0952. The lowest BCUT2D eigenvalue weighted by atomic mass is 10.1. The Morgan fingerprint density at radius 1 is 0.852 bits per heavy atom. The first kappa shape index (κ1) is 18.1. The molecular weight excluding hydrogens is 346 g/mol. The summed E-state index contributed by atoms with van der Waals surface area (Å²) in [6.45, 7) is 0.318. The number of nitro benzene ring substituents is 1. The minimum absolute atomic E-state index is 0.0447. The van der Waals surface area contributed by atoms with Gasteiger partial charge < -0.3 is 9.47 Å². The minimum Gasteiger partial charge on any atom is -0.489 e. The molecule has 0 heterocycles. The zero-order valence-electron chi connectivity index (χ0n) is 14.4. The molecule has 0 fully saturated rings. The van der Waals surface area contributed by atoms with E-state index in [0.29, 0.717) is 5.75 Å². The van der Waals surface area contributed by atoms with Gasteiger partial charge in [-0.05, 0) is 23.3 Å². The highest BCUT2D eigenvalue weighted by atomic mass is 16.6. The largest absolute Gasteiger partial charge is 0.489 e. The van der Waals surface area contributed by atoms with Crippen molar-refractivity contribution in [1.29, 1.82) is 0 Å². The van der Waals surface area contributed by atoms with Gasteiger partial charge in [0.1, 0.15) is 24.5 Å². The molecule has 0 aliphatic heterocycles. The lowest BCUT2D eigenvalue weighted by molar-refractivity contribution is -0.385. The van der Waals surface area contributed by atoms with Gasteiger partial charge in [0.2, 0.25) is 0 Å². The van der Waals surface area contributed by atoms with Crippen molar-refractivity contribution >= 4 is 11.7 Å². The van der Waals surface area contributed by atoms with E-state index in [1.807, 2.05) is 60.7 Å². The van der Waals surface area contributed by atoms with Crippen LogP contribution in [0.2, 0.25) is 0 Å². The summed E-state index contributed by atoms with van der Waals surface area (Å²) in [4.78, 5) is 23.0. The molecular formula is C21H17NO5. The number of rotatable bonds is 7. The first-order chi connectivity index (χ1) is 13.1. The van der Waals surface area contributed by atoms with Gasteiger partial charge >= 0.3 is 5.97 Å². The van der Waals surface area contributed by atoms with Crippen molar-refractivity contribution in [3.05, 3.63) is 106 Å². The second-order valence-corrected chi connectivity index (χ2v) is 5.77. The van der Waals surface area contributed by atoms with Gasteiger partial charge in [-0.3, -0.25) is 10.1 Å². The van der Waals surface area contributed by atoms with Crippen LogP contribution in [0.4, 0.5) is 5.69 Å². The second kappa shape index (κ2) is 8.62. The van der Waals surface area contributed by atoms with Crippen molar-refractivity contribution in [2.24, 2.45) is 0 Å². The Labute approximate surface area is 156 Å². The molecule has 6 nitrogen and oxygen atoms in total. The first-order valence-electron chi connectivity index (χ1n) is 8.29. The summed E-state index contributed by atoms with van der Waals surface area (Å²) < 4.78 is 10.8. The van der Waals surface area contributed by atoms with E-state index in [2.05, 4.69) is 0 Å². The molecule has 0 saturated carbocycles. The van der Waals surface area contributed by atoms with E-state index in [0.717, 1.165) is 11.1 Å². The lowest BCUT2D eigenvalue weighted by Gasteiger charge is -2.09. The van der Waals surface area contributed by atoms with Crippen molar-refractivity contribution < 1.29 is 19.2 Å². The fourth-order valence-electron chi connectivity index (χ4n) is 2.47. The van der Waals surface area contributed by atoms with Crippen LogP contribution in [0.15, 0.2) is 78.9 Å². The predicted molar refractivity (Wildman–Crippen MR) is 99.4 cm³/mol. The Hall–Kier alpha value is -3.67. The van der Waals surface area contributed by atoms with Gasteiger partial charge in [-0.2, -0.15) is 0 Å². The van der Waals surface area contributed by atoms with Crippen LogP contribution in [0.1, 0.15) is 21.5 Å². The van der Waals surface area contributed by atoms with E-state index in [-0.39, 0.29) is 24.5 Å². The molecule has 0 atom stereocenters. The van der Waals surface area contributed by atoms with Gasteiger partial charge in [0.15, 0.2) is 0 Å². The number of nitro groups is 1. The van der Waals surface area contributed by atoms with E-state index in [1.165, 1.54) is 18.2 Å². The molecule has 0 spiro atoms. The Morgan fingerprint density at radius 2 is 1.44 bits per heavy atom. The normalized spacial score (nSPS) is 10.2. The van der Waals surface area contributed by atoms with Crippen LogP contribution in [0.3, 0.4) is 0 Å². The molecule has 0 unspecified atom stereocenters. The molecule has 0 amide bonds. The van der Waals surface area contributed by atoms with Crippen LogP contribution in [0, 0.1) is 10.1 Å². The number of nitrogens with zero attached hydrogens (tertiary/aromatic N) is 1. The molecule has 0 aliphatic rings. The van der Waals surface area contributed by atoms with Crippen LogP contribution < -0.4 is 4.74 Å². The molecule has 0 aromatic heterocycles. The topological polar surface area (TPSA) is 78.7 Å². The van der Waals surface area contributed by atoms with Crippen LogP contribution in [-0.4, -0.2) is 10.9 Å². The molecule has 0 saturated heterocycles. The summed E-state index contributed by atoms with van der Waals surface area (Å²) in [6, 6.07) is 22.7. The summed E-state index contributed by atoms with van der Waals surface area (Å²) in [5, 5.41) is 11.4. The van der Waals surface area contributed by atoms with Gasteiger partial charge in [-0.15, -0.1) is 0 Å². The van der Waals surface area contributed by atoms with Crippen LogP contribution in [0.5, 0.6) is 5.75 Å². The maximum absolute atomic E-state index is 12.3. The van der Waals surface area contributed by atoms with Crippen molar-refractivity contribution in [3.63, 3.8) is 0 Å². The number of benzene rings is 3. The first-order valence-corrected chi connectivity index (χ1v) is 8.29. The summed E-state index contributed by atoms with van der Waals surface area (Å²) >= 11 is 0. The van der Waals surface area contributed by atoms with Gasteiger partial charge in [0, 0.05) is 0 Å². The van der Waals surface area contributed by atoms with Gasteiger partial charge in [-0.1, -0.05) is 60.7 Å². The summed E-state index contributed by atoms with van der Waals surface area (Å²) in [5.74, 6) is -0.440. The monoisotopic (exact) mass is 363 g/mol. The molecule has 0 N–H and O–H groups in total. The number of hydrogen-bond donors (Lipinski definition) is 0. The zero-order valence-corrected chi connectivity index (χ0v) is 14.4. The van der Waals surface area contributed by atoms with Gasteiger partial charge in [0.05, 0.1) is 11.0 Å². The molecule has 0 bridgehead atoms. The van der Waals surface area contributed by atoms with Crippen molar-refractivity contribution in [3.8, 4) is 5.75 Å². The van der Waals surface area contributed by atoms with E-state index < -0.39 is 10.9 Å². The quantitative estimate of drug-likeness (QED) is 0.350. The molecule has 0 aliphatic carbocycles. The molecule has 136 valence electrons. The Balaban J connectivity index is 1.71. The second-order valence-electron chi connectivity index (χ2n) is 5.77. The van der Waals surface area contributed by atoms with E-state index in [4.69, 9.17) is 9.47 Å². The number of hydrogen-bond acceptors (Lipinski definition) is 5. The predicted octanol–water partition coefficient (Wildman–Crippen LogP) is 4.53. The average molecular weight is 363 g/mol. The molecule has 27 heavy (non-hydrogen) atoms. The standard InChI is InChI=1S/C21H17NO5/c23-21(27-15-17-9-5-2-6-10-17)19-12-11-18(13-20(19)22(24)25)26-14-16-7-3-1-4-8-16/h1-13H,14-15H2. The molecule has 0 radical (unpaired) electrons. The molecule has 3 aromatic rings. The Morgan fingerprint density at radius 3 is 2.04 bits per heavy atom. The third-order valence-corrected chi connectivity index (χ3v) is 3.85. The third-order valence-electron chi connectivity index (χ3n) is 3.85. The van der Waals surface area contributed by atoms with Crippen LogP contribution in [-0.2, 0) is 18.0 Å². The summed E-state index contributed by atoms with van der Waals surface area (Å²) in [7, 11) is 0.